The number of phenols is 1. The maximum Gasteiger partial charge on any atom is 0.194 e. The van der Waals surface area contributed by atoms with Gasteiger partial charge in [-0.05, 0) is 37.1 Å². The number of nitrogens with one attached hydrogen (secondary N) is 1. The summed E-state index contributed by atoms with van der Waals surface area (Å²) >= 11 is 0. The summed E-state index contributed by atoms with van der Waals surface area (Å²) in [7, 11) is 0. The highest BCUT2D eigenvalue weighted by atomic mass is 127. The highest BCUT2D eigenvalue weighted by Crippen LogP contribution is 2.27. The fourth-order valence-electron chi connectivity index (χ4n) is 4.08. The number of rotatable bonds is 6. The van der Waals surface area contributed by atoms with Crippen molar-refractivity contribution in [2.45, 2.75) is 26.9 Å². The van der Waals surface area contributed by atoms with E-state index < -0.39 is 0 Å². The SMILES string of the molecule is CCNC(=NCc1cccc(Cn2ccnc2C)c1)N1CCN(c2ccccc2O)CC1.I. The van der Waals surface area contributed by atoms with E-state index in [1.54, 1.807) is 6.07 Å². The Morgan fingerprint density at radius 1 is 1.06 bits per heavy atom. The number of halogens is 1. The minimum absolute atomic E-state index is 0. The van der Waals surface area contributed by atoms with E-state index in [4.69, 9.17) is 4.99 Å². The molecule has 0 saturated carbocycles. The molecular formula is C25H33IN6O. The molecule has 1 aromatic heterocycles. The predicted molar refractivity (Wildman–Crippen MR) is 145 cm³/mol. The average Bonchev–Trinajstić information content (AvgIpc) is 3.21. The molecule has 1 fully saturated rings. The number of hydrogen-bond donors (Lipinski definition) is 2. The van der Waals surface area contributed by atoms with Crippen LogP contribution in [0.2, 0.25) is 0 Å². The normalized spacial score (nSPS) is 14.2. The number of para-hydroxylation sites is 2. The molecule has 33 heavy (non-hydrogen) atoms. The van der Waals surface area contributed by atoms with Crippen LogP contribution >= 0.6 is 24.0 Å². The molecule has 2 N–H and O–H groups in total. The molecule has 0 atom stereocenters. The van der Waals surface area contributed by atoms with E-state index in [0.717, 1.165) is 56.7 Å². The Kier molecular flexibility index (Phi) is 8.99. The number of aromatic nitrogens is 2. The molecule has 2 heterocycles. The summed E-state index contributed by atoms with van der Waals surface area (Å²) in [5.74, 6) is 2.30. The second kappa shape index (κ2) is 11.9. The van der Waals surface area contributed by atoms with Crippen LogP contribution in [0.3, 0.4) is 0 Å². The van der Waals surface area contributed by atoms with Crippen LogP contribution in [0.5, 0.6) is 5.75 Å². The van der Waals surface area contributed by atoms with Gasteiger partial charge in [0.25, 0.3) is 0 Å². The fourth-order valence-corrected chi connectivity index (χ4v) is 4.08. The number of anilines is 1. The molecule has 2 aromatic carbocycles. The van der Waals surface area contributed by atoms with E-state index in [-0.39, 0.29) is 24.0 Å². The van der Waals surface area contributed by atoms with Gasteiger partial charge in [0, 0.05) is 51.7 Å². The Bertz CT molecular complexity index is 1060. The van der Waals surface area contributed by atoms with Crippen molar-refractivity contribution in [3.63, 3.8) is 0 Å². The van der Waals surface area contributed by atoms with Gasteiger partial charge in [0.1, 0.15) is 11.6 Å². The molecular weight excluding hydrogens is 527 g/mol. The first-order valence-electron chi connectivity index (χ1n) is 11.3. The minimum Gasteiger partial charge on any atom is -0.506 e. The zero-order valence-electron chi connectivity index (χ0n) is 19.3. The smallest absolute Gasteiger partial charge is 0.194 e. The molecule has 1 saturated heterocycles. The van der Waals surface area contributed by atoms with E-state index in [9.17, 15) is 5.11 Å². The Hall–Kier alpha value is -2.75. The molecule has 7 nitrogen and oxygen atoms in total. The van der Waals surface area contributed by atoms with Gasteiger partial charge in [-0.15, -0.1) is 24.0 Å². The second-order valence-corrected chi connectivity index (χ2v) is 8.06. The third-order valence-electron chi connectivity index (χ3n) is 5.82. The number of hydrogen-bond acceptors (Lipinski definition) is 4. The largest absolute Gasteiger partial charge is 0.506 e. The van der Waals surface area contributed by atoms with Crippen molar-refractivity contribution in [2.24, 2.45) is 4.99 Å². The first kappa shape index (κ1) is 24.9. The standard InChI is InChI=1S/C25H32N6O.HI/c1-3-26-25(30-15-13-29(14-16-30)23-9-4-5-10-24(23)32)28-18-21-7-6-8-22(17-21)19-31-12-11-27-20(31)2;/h4-12,17,32H,3,13-16,18-19H2,1-2H3,(H,26,28);1H. The Labute approximate surface area is 213 Å². The maximum atomic E-state index is 10.2. The van der Waals surface area contributed by atoms with Crippen LogP contribution in [-0.2, 0) is 13.1 Å². The van der Waals surface area contributed by atoms with Gasteiger partial charge in [-0.3, -0.25) is 0 Å². The molecule has 0 spiro atoms. The van der Waals surface area contributed by atoms with Crippen molar-refractivity contribution in [3.8, 4) is 5.75 Å². The molecule has 0 amide bonds. The lowest BCUT2D eigenvalue weighted by Gasteiger charge is -2.37. The first-order chi connectivity index (χ1) is 15.6. The number of nitrogens with zero attached hydrogens (tertiary/aromatic N) is 5. The second-order valence-electron chi connectivity index (χ2n) is 8.06. The van der Waals surface area contributed by atoms with Crippen LogP contribution < -0.4 is 10.2 Å². The van der Waals surface area contributed by atoms with Crippen LogP contribution in [-0.4, -0.2) is 58.2 Å². The van der Waals surface area contributed by atoms with E-state index in [2.05, 4.69) is 55.9 Å². The lowest BCUT2D eigenvalue weighted by Crippen LogP contribution is -2.52. The van der Waals surface area contributed by atoms with Crippen molar-refractivity contribution in [1.82, 2.24) is 19.8 Å². The van der Waals surface area contributed by atoms with E-state index in [0.29, 0.717) is 12.3 Å². The number of aromatic hydroxyl groups is 1. The molecule has 3 aromatic rings. The van der Waals surface area contributed by atoms with E-state index in [1.165, 1.54) is 11.1 Å². The first-order valence-corrected chi connectivity index (χ1v) is 11.3. The monoisotopic (exact) mass is 560 g/mol. The van der Waals surface area contributed by atoms with Crippen LogP contribution in [0, 0.1) is 6.92 Å². The number of phenolic OH excluding ortho intramolecular Hbond substituents is 1. The summed E-state index contributed by atoms with van der Waals surface area (Å²) < 4.78 is 2.15. The van der Waals surface area contributed by atoms with Gasteiger partial charge >= 0.3 is 0 Å². The highest BCUT2D eigenvalue weighted by molar-refractivity contribution is 14.0. The summed E-state index contributed by atoms with van der Waals surface area (Å²) in [5, 5.41) is 13.6. The maximum absolute atomic E-state index is 10.2. The third kappa shape index (κ3) is 6.40. The Morgan fingerprint density at radius 3 is 2.52 bits per heavy atom. The number of guanidine groups is 1. The average molecular weight is 560 g/mol. The summed E-state index contributed by atoms with van der Waals surface area (Å²) in [4.78, 5) is 13.8. The van der Waals surface area contributed by atoms with E-state index in [1.807, 2.05) is 37.5 Å². The predicted octanol–water partition coefficient (Wildman–Crippen LogP) is 3.85. The Balaban J connectivity index is 0.00000306. The van der Waals surface area contributed by atoms with Crippen molar-refractivity contribution in [2.75, 3.05) is 37.6 Å². The molecule has 8 heteroatoms. The van der Waals surface area contributed by atoms with Crippen LogP contribution in [0.25, 0.3) is 0 Å². The molecule has 0 radical (unpaired) electrons. The van der Waals surface area contributed by atoms with Gasteiger partial charge in [0.05, 0.1) is 12.2 Å². The van der Waals surface area contributed by atoms with E-state index >= 15 is 0 Å². The van der Waals surface area contributed by atoms with Crippen molar-refractivity contribution in [1.29, 1.82) is 0 Å². The number of imidazole rings is 1. The van der Waals surface area contributed by atoms with Crippen LogP contribution in [0.4, 0.5) is 5.69 Å². The topological polar surface area (TPSA) is 68.9 Å². The lowest BCUT2D eigenvalue weighted by atomic mass is 10.1. The number of aliphatic imine (C=N–C) groups is 1. The fraction of sp³-hybridized carbons (Fsp3) is 0.360. The quantitative estimate of drug-likeness (QED) is 0.273. The molecule has 1 aliphatic heterocycles. The summed E-state index contributed by atoms with van der Waals surface area (Å²) in [6.45, 7) is 9.83. The summed E-state index contributed by atoms with van der Waals surface area (Å²) in [6, 6.07) is 16.2. The van der Waals surface area contributed by atoms with Gasteiger partial charge in [-0.1, -0.05) is 36.4 Å². The summed E-state index contributed by atoms with van der Waals surface area (Å²) in [5.41, 5.74) is 3.35. The molecule has 1 aliphatic rings. The Morgan fingerprint density at radius 2 is 1.82 bits per heavy atom. The lowest BCUT2D eigenvalue weighted by molar-refractivity contribution is 0.369. The van der Waals surface area contributed by atoms with Gasteiger partial charge in [-0.25, -0.2) is 9.98 Å². The van der Waals surface area contributed by atoms with Crippen molar-refractivity contribution < 1.29 is 5.11 Å². The zero-order chi connectivity index (χ0) is 22.3. The van der Waals surface area contributed by atoms with Gasteiger partial charge < -0.3 is 24.8 Å². The molecule has 0 aliphatic carbocycles. The van der Waals surface area contributed by atoms with Crippen molar-refractivity contribution >= 4 is 35.6 Å². The summed E-state index contributed by atoms with van der Waals surface area (Å²) in [6.07, 6.45) is 3.85. The van der Waals surface area contributed by atoms with Gasteiger partial charge in [0.2, 0.25) is 0 Å². The van der Waals surface area contributed by atoms with Crippen LogP contribution in [0.15, 0.2) is 65.9 Å². The number of benzene rings is 2. The molecule has 4 rings (SSSR count). The number of aryl methyl sites for hydroxylation is 1. The molecule has 0 bridgehead atoms. The van der Waals surface area contributed by atoms with Crippen molar-refractivity contribution in [3.05, 3.63) is 77.9 Å². The third-order valence-corrected chi connectivity index (χ3v) is 5.82. The van der Waals surface area contributed by atoms with Gasteiger partial charge in [0.15, 0.2) is 5.96 Å². The van der Waals surface area contributed by atoms with Crippen LogP contribution in [0.1, 0.15) is 23.9 Å². The highest BCUT2D eigenvalue weighted by Gasteiger charge is 2.21. The van der Waals surface area contributed by atoms with Gasteiger partial charge in [-0.2, -0.15) is 0 Å². The zero-order valence-corrected chi connectivity index (χ0v) is 21.6. The molecule has 0 unspecified atom stereocenters. The minimum atomic E-state index is 0. The number of piperazine rings is 1. The molecule has 176 valence electrons.